The van der Waals surface area contributed by atoms with Gasteiger partial charge in [-0.05, 0) is 18.3 Å². The Morgan fingerprint density at radius 3 is 1.94 bits per heavy atom. The molecule has 2 amide bonds. The molecule has 2 atom stereocenters. The van der Waals surface area contributed by atoms with Gasteiger partial charge in [0.2, 0.25) is 11.8 Å². The third-order valence-corrected chi connectivity index (χ3v) is 3.45. The Morgan fingerprint density at radius 2 is 1.61 bits per heavy atom. The third-order valence-electron chi connectivity index (χ3n) is 3.45. The van der Waals surface area contributed by atoms with E-state index in [2.05, 4.69) is 19.2 Å². The van der Waals surface area contributed by atoms with Crippen LogP contribution in [0.1, 0.15) is 41.0 Å². The highest BCUT2D eigenvalue weighted by Crippen LogP contribution is 2.17. The summed E-state index contributed by atoms with van der Waals surface area (Å²) in [5.41, 5.74) is 0. The van der Waals surface area contributed by atoms with Gasteiger partial charge in [-0.25, -0.2) is 0 Å². The second-order valence-electron chi connectivity index (χ2n) is 5.74. The number of hydrogen-bond donors (Lipinski definition) is 1. The highest BCUT2D eigenvalue weighted by molar-refractivity contribution is 5.88. The van der Waals surface area contributed by atoms with Crippen LogP contribution >= 0.6 is 0 Å². The number of rotatable bonds is 6. The van der Waals surface area contributed by atoms with E-state index in [1.165, 1.54) is 0 Å². The summed E-state index contributed by atoms with van der Waals surface area (Å²) in [7, 11) is 3.34. The van der Waals surface area contributed by atoms with E-state index in [4.69, 9.17) is 0 Å². The average Bonchev–Trinajstić information content (AvgIpc) is 2.31. The van der Waals surface area contributed by atoms with Gasteiger partial charge in [0.15, 0.2) is 0 Å². The van der Waals surface area contributed by atoms with Gasteiger partial charge in [0.05, 0.1) is 0 Å². The summed E-state index contributed by atoms with van der Waals surface area (Å²) < 4.78 is 0. The first kappa shape index (κ1) is 16.9. The van der Waals surface area contributed by atoms with Crippen LogP contribution in [0, 0.1) is 17.8 Å². The van der Waals surface area contributed by atoms with Gasteiger partial charge in [-0.2, -0.15) is 0 Å². The lowest BCUT2D eigenvalue weighted by molar-refractivity contribution is -0.143. The van der Waals surface area contributed by atoms with Crippen molar-refractivity contribution in [2.45, 2.75) is 47.1 Å². The van der Waals surface area contributed by atoms with Gasteiger partial charge in [0.25, 0.3) is 0 Å². The molecule has 0 aliphatic rings. The molecule has 106 valence electrons. The van der Waals surface area contributed by atoms with Gasteiger partial charge < -0.3 is 10.2 Å². The number of carbonyl (C=O) groups is 2. The Hall–Kier alpha value is -1.06. The van der Waals surface area contributed by atoms with Crippen LogP contribution in [0.15, 0.2) is 0 Å². The SMILES string of the molecule is CNC(=O)[C@H](CC(C)C)N(C)C(=O)[C@@H](C)C(C)C. The molecule has 0 spiro atoms. The first-order chi connectivity index (χ1) is 8.22. The Bertz CT molecular complexity index is 288. The molecule has 0 fully saturated rings. The number of hydrogen-bond acceptors (Lipinski definition) is 2. The molecular weight excluding hydrogens is 228 g/mol. The van der Waals surface area contributed by atoms with Gasteiger partial charge in [-0.3, -0.25) is 9.59 Å². The summed E-state index contributed by atoms with van der Waals surface area (Å²) in [5, 5.41) is 2.64. The fourth-order valence-electron chi connectivity index (χ4n) is 1.81. The molecular formula is C14H28N2O2. The summed E-state index contributed by atoms with van der Waals surface area (Å²) in [6.45, 7) is 10.1. The van der Waals surface area contributed by atoms with Crippen molar-refractivity contribution in [1.82, 2.24) is 10.2 Å². The lowest BCUT2D eigenvalue weighted by Gasteiger charge is -2.31. The number of nitrogens with zero attached hydrogens (tertiary/aromatic N) is 1. The number of nitrogens with one attached hydrogen (secondary N) is 1. The largest absolute Gasteiger partial charge is 0.357 e. The van der Waals surface area contributed by atoms with E-state index < -0.39 is 0 Å². The van der Waals surface area contributed by atoms with E-state index >= 15 is 0 Å². The van der Waals surface area contributed by atoms with E-state index in [1.807, 2.05) is 20.8 Å². The minimum absolute atomic E-state index is 0.0410. The molecule has 4 nitrogen and oxygen atoms in total. The highest BCUT2D eigenvalue weighted by atomic mass is 16.2. The molecule has 0 radical (unpaired) electrons. The third kappa shape index (κ3) is 4.67. The van der Waals surface area contributed by atoms with Crippen LogP contribution in [0.25, 0.3) is 0 Å². The van der Waals surface area contributed by atoms with Crippen molar-refractivity contribution in [2.75, 3.05) is 14.1 Å². The fourth-order valence-corrected chi connectivity index (χ4v) is 1.81. The molecule has 0 aromatic heterocycles. The molecule has 0 aliphatic heterocycles. The van der Waals surface area contributed by atoms with Gasteiger partial charge >= 0.3 is 0 Å². The maximum Gasteiger partial charge on any atom is 0.242 e. The molecule has 0 bridgehead atoms. The molecule has 0 rings (SSSR count). The van der Waals surface area contributed by atoms with Crippen LogP contribution in [0.5, 0.6) is 0 Å². The minimum Gasteiger partial charge on any atom is -0.357 e. The van der Waals surface area contributed by atoms with E-state index in [0.29, 0.717) is 12.3 Å². The minimum atomic E-state index is -0.372. The van der Waals surface area contributed by atoms with Crippen molar-refractivity contribution >= 4 is 11.8 Å². The van der Waals surface area contributed by atoms with Crippen molar-refractivity contribution in [3.63, 3.8) is 0 Å². The molecule has 0 saturated carbocycles. The summed E-state index contributed by atoms with van der Waals surface area (Å²) in [4.78, 5) is 25.8. The first-order valence-electron chi connectivity index (χ1n) is 6.70. The van der Waals surface area contributed by atoms with Crippen LogP contribution in [0.4, 0.5) is 0 Å². The van der Waals surface area contributed by atoms with Gasteiger partial charge in [0, 0.05) is 20.0 Å². The molecule has 1 N–H and O–H groups in total. The van der Waals surface area contributed by atoms with Gasteiger partial charge in [-0.15, -0.1) is 0 Å². The normalized spacial score (nSPS) is 14.5. The zero-order chi connectivity index (χ0) is 14.5. The van der Waals surface area contributed by atoms with Crippen LogP contribution in [0.3, 0.4) is 0 Å². The fraction of sp³-hybridized carbons (Fsp3) is 0.857. The topological polar surface area (TPSA) is 49.4 Å². The quantitative estimate of drug-likeness (QED) is 0.789. The van der Waals surface area contributed by atoms with Crippen LogP contribution < -0.4 is 5.32 Å². The van der Waals surface area contributed by atoms with Crippen molar-refractivity contribution in [2.24, 2.45) is 17.8 Å². The lowest BCUT2D eigenvalue weighted by Crippen LogP contribution is -2.49. The van der Waals surface area contributed by atoms with E-state index in [9.17, 15) is 9.59 Å². The molecule has 0 aromatic rings. The van der Waals surface area contributed by atoms with Crippen molar-refractivity contribution in [1.29, 1.82) is 0 Å². The second-order valence-corrected chi connectivity index (χ2v) is 5.74. The summed E-state index contributed by atoms with van der Waals surface area (Å²) in [5.74, 6) is 0.547. The summed E-state index contributed by atoms with van der Waals surface area (Å²) in [6, 6.07) is -0.372. The van der Waals surface area contributed by atoms with Gasteiger partial charge in [-0.1, -0.05) is 34.6 Å². The molecule has 0 saturated heterocycles. The number of carbonyl (C=O) groups excluding carboxylic acids is 2. The van der Waals surface area contributed by atoms with Crippen LogP contribution in [0.2, 0.25) is 0 Å². The number of amides is 2. The Kier molecular flexibility index (Phi) is 6.96. The van der Waals surface area contributed by atoms with Crippen LogP contribution in [-0.2, 0) is 9.59 Å². The van der Waals surface area contributed by atoms with E-state index in [-0.39, 0.29) is 29.7 Å². The predicted molar refractivity (Wildman–Crippen MR) is 74.1 cm³/mol. The molecule has 0 aliphatic carbocycles. The highest BCUT2D eigenvalue weighted by Gasteiger charge is 2.30. The smallest absolute Gasteiger partial charge is 0.242 e. The van der Waals surface area contributed by atoms with E-state index in [1.54, 1.807) is 19.0 Å². The zero-order valence-electron chi connectivity index (χ0n) is 12.8. The Balaban J connectivity index is 4.89. The molecule has 18 heavy (non-hydrogen) atoms. The van der Waals surface area contributed by atoms with Gasteiger partial charge in [0.1, 0.15) is 6.04 Å². The molecule has 0 aromatic carbocycles. The number of likely N-dealkylation sites (N-methyl/N-ethyl adjacent to an activating group) is 2. The lowest BCUT2D eigenvalue weighted by atomic mass is 9.94. The van der Waals surface area contributed by atoms with Crippen LogP contribution in [-0.4, -0.2) is 36.9 Å². The zero-order valence-corrected chi connectivity index (χ0v) is 12.8. The van der Waals surface area contributed by atoms with Crippen molar-refractivity contribution < 1.29 is 9.59 Å². The first-order valence-corrected chi connectivity index (χ1v) is 6.70. The average molecular weight is 256 g/mol. The van der Waals surface area contributed by atoms with Crippen molar-refractivity contribution in [3.05, 3.63) is 0 Å². The standard InChI is InChI=1S/C14H28N2O2/c1-9(2)8-12(13(17)15-6)16(7)14(18)11(5)10(3)4/h9-12H,8H2,1-7H3,(H,15,17)/t11-,12-/m0/s1. The molecule has 0 unspecified atom stereocenters. The second kappa shape index (κ2) is 7.39. The Labute approximate surface area is 111 Å². The predicted octanol–water partition coefficient (Wildman–Crippen LogP) is 1.90. The molecule has 4 heteroatoms. The van der Waals surface area contributed by atoms with E-state index in [0.717, 1.165) is 0 Å². The Morgan fingerprint density at radius 1 is 1.11 bits per heavy atom. The van der Waals surface area contributed by atoms with Crippen molar-refractivity contribution in [3.8, 4) is 0 Å². The monoisotopic (exact) mass is 256 g/mol. The summed E-state index contributed by atoms with van der Waals surface area (Å²) >= 11 is 0. The maximum absolute atomic E-state index is 12.3. The maximum atomic E-state index is 12.3. The summed E-state index contributed by atoms with van der Waals surface area (Å²) in [6.07, 6.45) is 0.687. The molecule has 0 heterocycles.